The molecule has 0 aliphatic heterocycles. The van der Waals surface area contributed by atoms with Gasteiger partial charge in [0, 0.05) is 17.1 Å². The van der Waals surface area contributed by atoms with Crippen molar-refractivity contribution in [3.63, 3.8) is 0 Å². The second kappa shape index (κ2) is 5.49. The van der Waals surface area contributed by atoms with Crippen molar-refractivity contribution in [2.75, 3.05) is 5.73 Å². The molecule has 2 rings (SSSR count). The maximum Gasteiger partial charge on any atom is 0.253 e. The molecule has 0 spiro atoms. The average Bonchev–Trinajstić information content (AvgIpc) is 2.47. The normalized spacial score (nSPS) is 11.6. The minimum absolute atomic E-state index is 0.0973. The van der Waals surface area contributed by atoms with E-state index >= 15 is 0 Å². The molecule has 3 N–H and O–H groups in total. The Morgan fingerprint density at radius 1 is 1.25 bits per heavy atom. The van der Waals surface area contributed by atoms with E-state index in [-0.39, 0.29) is 11.4 Å². The van der Waals surface area contributed by atoms with Crippen LogP contribution in [-0.4, -0.2) is 16.4 Å². The number of amides is 1. The molecule has 0 radical (unpaired) electrons. The molecule has 2 aromatic rings. The molecule has 0 bridgehead atoms. The first-order valence-corrected chi connectivity index (χ1v) is 6.96. The standard InChI is InChI=1S/C16H21N3O/c1-4-16(3,5-2)19-15(20)13-10-18-14(17)12-9-7-6-8-11(12)13/h6-10H,4-5H2,1-3H3,(H2,17,18)(H,19,20). The number of hydrogen-bond acceptors (Lipinski definition) is 3. The minimum Gasteiger partial charge on any atom is -0.383 e. The Bertz CT molecular complexity index is 633. The molecular formula is C16H21N3O. The molecule has 1 aromatic carbocycles. The highest BCUT2D eigenvalue weighted by atomic mass is 16.1. The fourth-order valence-electron chi connectivity index (χ4n) is 2.16. The molecular weight excluding hydrogens is 250 g/mol. The minimum atomic E-state index is -0.195. The van der Waals surface area contributed by atoms with E-state index in [9.17, 15) is 4.79 Å². The van der Waals surface area contributed by atoms with Crippen LogP contribution in [0, 0.1) is 0 Å². The van der Waals surface area contributed by atoms with E-state index in [4.69, 9.17) is 5.73 Å². The molecule has 4 nitrogen and oxygen atoms in total. The van der Waals surface area contributed by atoms with Crippen LogP contribution in [0.25, 0.3) is 10.8 Å². The zero-order chi connectivity index (χ0) is 14.8. The van der Waals surface area contributed by atoms with E-state index in [0.717, 1.165) is 23.6 Å². The van der Waals surface area contributed by atoms with E-state index < -0.39 is 0 Å². The number of aromatic nitrogens is 1. The summed E-state index contributed by atoms with van der Waals surface area (Å²) in [5.41, 5.74) is 6.24. The number of nitrogens with zero attached hydrogens (tertiary/aromatic N) is 1. The number of anilines is 1. The third-order valence-electron chi connectivity index (χ3n) is 4.05. The van der Waals surface area contributed by atoms with E-state index in [1.54, 1.807) is 6.20 Å². The average molecular weight is 271 g/mol. The Kier molecular flexibility index (Phi) is 3.93. The molecule has 0 fully saturated rings. The van der Waals surface area contributed by atoms with Gasteiger partial charge in [0.25, 0.3) is 5.91 Å². The van der Waals surface area contributed by atoms with Gasteiger partial charge >= 0.3 is 0 Å². The number of nitrogens with two attached hydrogens (primary N) is 1. The Hall–Kier alpha value is -2.10. The highest BCUT2D eigenvalue weighted by molar-refractivity contribution is 6.09. The van der Waals surface area contributed by atoms with Crippen molar-refractivity contribution in [1.29, 1.82) is 0 Å². The van der Waals surface area contributed by atoms with Gasteiger partial charge in [0.1, 0.15) is 5.82 Å². The summed E-state index contributed by atoms with van der Waals surface area (Å²) in [6, 6.07) is 7.58. The van der Waals surface area contributed by atoms with Crippen molar-refractivity contribution >= 4 is 22.5 Å². The molecule has 1 amide bonds. The van der Waals surface area contributed by atoms with Crippen LogP contribution in [0.2, 0.25) is 0 Å². The number of carbonyl (C=O) groups excluding carboxylic acids is 1. The number of hydrogen-bond donors (Lipinski definition) is 2. The molecule has 0 unspecified atom stereocenters. The van der Waals surface area contributed by atoms with Gasteiger partial charge in [-0.25, -0.2) is 4.98 Å². The van der Waals surface area contributed by atoms with Crippen LogP contribution in [0.1, 0.15) is 44.0 Å². The Labute approximate surface area is 119 Å². The number of nitrogens with one attached hydrogen (secondary N) is 1. The summed E-state index contributed by atoms with van der Waals surface area (Å²) in [5, 5.41) is 4.76. The van der Waals surface area contributed by atoms with Crippen molar-refractivity contribution in [2.24, 2.45) is 0 Å². The molecule has 106 valence electrons. The van der Waals surface area contributed by atoms with Crippen LogP contribution in [0.4, 0.5) is 5.82 Å². The van der Waals surface area contributed by atoms with Gasteiger partial charge in [-0.2, -0.15) is 0 Å². The number of nitrogen functional groups attached to an aromatic ring is 1. The zero-order valence-electron chi connectivity index (χ0n) is 12.2. The van der Waals surface area contributed by atoms with Gasteiger partial charge < -0.3 is 11.1 Å². The Balaban J connectivity index is 2.43. The Morgan fingerprint density at radius 3 is 2.45 bits per heavy atom. The second-order valence-corrected chi connectivity index (χ2v) is 5.32. The summed E-state index contributed by atoms with van der Waals surface area (Å²) in [6.45, 7) is 6.20. The third-order valence-corrected chi connectivity index (χ3v) is 4.05. The first kappa shape index (κ1) is 14.3. The molecule has 0 aliphatic rings. The third kappa shape index (κ3) is 2.59. The maximum atomic E-state index is 12.5. The summed E-state index contributed by atoms with van der Waals surface area (Å²) in [7, 11) is 0. The molecule has 0 saturated carbocycles. The number of benzene rings is 1. The van der Waals surface area contributed by atoms with Gasteiger partial charge in [-0.05, 0) is 25.2 Å². The first-order chi connectivity index (χ1) is 9.50. The van der Waals surface area contributed by atoms with Crippen LogP contribution in [0.5, 0.6) is 0 Å². The summed E-state index contributed by atoms with van der Waals surface area (Å²) < 4.78 is 0. The van der Waals surface area contributed by atoms with Gasteiger partial charge in [0.2, 0.25) is 0 Å². The van der Waals surface area contributed by atoms with Crippen LogP contribution in [-0.2, 0) is 0 Å². The fourth-order valence-corrected chi connectivity index (χ4v) is 2.16. The highest BCUT2D eigenvalue weighted by Crippen LogP contribution is 2.23. The SMILES string of the molecule is CCC(C)(CC)NC(=O)c1cnc(N)c2ccccc12. The lowest BCUT2D eigenvalue weighted by molar-refractivity contribution is 0.0902. The van der Waals surface area contributed by atoms with Crippen molar-refractivity contribution < 1.29 is 4.79 Å². The first-order valence-electron chi connectivity index (χ1n) is 6.96. The van der Waals surface area contributed by atoms with E-state index in [1.807, 2.05) is 24.3 Å². The van der Waals surface area contributed by atoms with Gasteiger partial charge in [0.05, 0.1) is 5.56 Å². The number of pyridine rings is 1. The quantitative estimate of drug-likeness (QED) is 0.897. The van der Waals surface area contributed by atoms with Crippen molar-refractivity contribution in [3.8, 4) is 0 Å². The molecule has 4 heteroatoms. The monoisotopic (exact) mass is 271 g/mol. The molecule has 1 heterocycles. The van der Waals surface area contributed by atoms with Crippen LogP contribution >= 0.6 is 0 Å². The largest absolute Gasteiger partial charge is 0.383 e. The fraction of sp³-hybridized carbons (Fsp3) is 0.375. The highest BCUT2D eigenvalue weighted by Gasteiger charge is 2.23. The van der Waals surface area contributed by atoms with E-state index in [1.165, 1.54) is 0 Å². The number of carbonyl (C=O) groups is 1. The molecule has 0 saturated heterocycles. The second-order valence-electron chi connectivity index (χ2n) is 5.32. The summed E-state index contributed by atoms with van der Waals surface area (Å²) >= 11 is 0. The summed E-state index contributed by atoms with van der Waals surface area (Å²) in [5.74, 6) is 0.353. The molecule has 20 heavy (non-hydrogen) atoms. The van der Waals surface area contributed by atoms with Gasteiger partial charge in [-0.1, -0.05) is 38.1 Å². The Morgan fingerprint density at radius 2 is 1.85 bits per heavy atom. The summed E-state index contributed by atoms with van der Waals surface area (Å²) in [4.78, 5) is 16.6. The van der Waals surface area contributed by atoms with Crippen LogP contribution < -0.4 is 11.1 Å². The van der Waals surface area contributed by atoms with Gasteiger partial charge in [0.15, 0.2) is 0 Å². The number of fused-ring (bicyclic) bond motifs is 1. The van der Waals surface area contributed by atoms with E-state index in [2.05, 4.69) is 31.1 Å². The lowest BCUT2D eigenvalue weighted by Crippen LogP contribution is -2.45. The van der Waals surface area contributed by atoms with Crippen molar-refractivity contribution in [3.05, 3.63) is 36.0 Å². The smallest absolute Gasteiger partial charge is 0.253 e. The lowest BCUT2D eigenvalue weighted by atomic mass is 9.94. The maximum absolute atomic E-state index is 12.5. The summed E-state index contributed by atoms with van der Waals surface area (Å²) in [6.07, 6.45) is 3.32. The predicted molar refractivity (Wildman–Crippen MR) is 82.6 cm³/mol. The van der Waals surface area contributed by atoms with Crippen molar-refractivity contribution in [1.82, 2.24) is 10.3 Å². The topological polar surface area (TPSA) is 68.0 Å². The molecule has 0 aliphatic carbocycles. The number of rotatable bonds is 4. The van der Waals surface area contributed by atoms with E-state index in [0.29, 0.717) is 11.4 Å². The molecule has 1 aromatic heterocycles. The van der Waals surface area contributed by atoms with Gasteiger partial charge in [-0.15, -0.1) is 0 Å². The van der Waals surface area contributed by atoms with Gasteiger partial charge in [-0.3, -0.25) is 4.79 Å². The van der Waals surface area contributed by atoms with Crippen LogP contribution in [0.3, 0.4) is 0 Å². The van der Waals surface area contributed by atoms with Crippen molar-refractivity contribution in [2.45, 2.75) is 39.2 Å². The predicted octanol–water partition coefficient (Wildman–Crippen LogP) is 3.13. The van der Waals surface area contributed by atoms with Crippen LogP contribution in [0.15, 0.2) is 30.5 Å². The zero-order valence-corrected chi connectivity index (χ0v) is 12.2. The molecule has 0 atom stereocenters. The lowest BCUT2D eigenvalue weighted by Gasteiger charge is -2.28.